The van der Waals surface area contributed by atoms with E-state index < -0.39 is 33.9 Å². The van der Waals surface area contributed by atoms with E-state index in [9.17, 15) is 33.3 Å². The van der Waals surface area contributed by atoms with Crippen molar-refractivity contribution in [3.8, 4) is 22.8 Å². The molecular weight excluding hydrogens is 486 g/mol. The lowest BCUT2D eigenvalue weighted by molar-refractivity contribution is -0.137. The second kappa shape index (κ2) is 9.06. The maximum atomic E-state index is 13.3. The minimum Gasteiger partial charge on any atom is -0.507 e. The molecule has 2 aromatic carbocycles. The van der Waals surface area contributed by atoms with Crippen LogP contribution in [0.5, 0.6) is 11.5 Å². The third-order valence-corrected chi connectivity index (χ3v) is 6.36. The van der Waals surface area contributed by atoms with Crippen LogP contribution in [-0.2, 0) is 6.18 Å². The zero-order valence-corrected chi connectivity index (χ0v) is 18.8. The van der Waals surface area contributed by atoms with E-state index in [1.165, 1.54) is 6.07 Å². The van der Waals surface area contributed by atoms with Gasteiger partial charge in [-0.1, -0.05) is 17.7 Å². The van der Waals surface area contributed by atoms with Gasteiger partial charge in [-0.15, -0.1) is 12.4 Å². The number of phenolic OH excluding ortho intramolecular Hbond substituents is 2. The Balaban J connectivity index is 0.00000306. The highest BCUT2D eigenvalue weighted by Crippen LogP contribution is 2.45. The summed E-state index contributed by atoms with van der Waals surface area (Å²) in [5.74, 6) is -1.55. The van der Waals surface area contributed by atoms with Crippen LogP contribution >= 0.6 is 24.0 Å². The number of likely N-dealkylation sites (N-methyl/N-ethyl adjacent to an activating group) is 1. The summed E-state index contributed by atoms with van der Waals surface area (Å²) in [6.07, 6.45) is -4.19. The number of benzene rings is 2. The Bertz CT molecular complexity index is 1260. The summed E-state index contributed by atoms with van der Waals surface area (Å²) in [5, 5.41) is 29.9. The smallest absolute Gasteiger partial charge is 0.417 e. The first-order valence-corrected chi connectivity index (χ1v) is 10.1. The van der Waals surface area contributed by atoms with Crippen molar-refractivity contribution >= 4 is 35.0 Å². The number of nitrogens with zero attached hydrogens (tertiary/aromatic N) is 1. The van der Waals surface area contributed by atoms with E-state index in [0.717, 1.165) is 24.3 Å². The molecule has 3 N–H and O–H groups in total. The summed E-state index contributed by atoms with van der Waals surface area (Å²) < 4.78 is 45.7. The summed E-state index contributed by atoms with van der Waals surface area (Å²) in [4.78, 5) is 14.7. The van der Waals surface area contributed by atoms with Gasteiger partial charge < -0.3 is 24.6 Å². The number of rotatable bonds is 3. The second-order valence-corrected chi connectivity index (χ2v) is 8.18. The predicted molar refractivity (Wildman–Crippen MR) is 119 cm³/mol. The van der Waals surface area contributed by atoms with Gasteiger partial charge in [0.1, 0.15) is 28.2 Å². The molecule has 2 heterocycles. The van der Waals surface area contributed by atoms with Gasteiger partial charge >= 0.3 is 6.18 Å². The maximum absolute atomic E-state index is 13.3. The molecule has 178 valence electrons. The summed E-state index contributed by atoms with van der Waals surface area (Å²) in [6.45, 7) is 0.368. The molecule has 6 nitrogen and oxygen atoms in total. The van der Waals surface area contributed by atoms with Gasteiger partial charge in [0.15, 0.2) is 5.43 Å². The molecular formula is C22H20Cl2F3NO5. The summed E-state index contributed by atoms with van der Waals surface area (Å²) >= 11 is 6.01. The Morgan fingerprint density at radius 2 is 1.91 bits per heavy atom. The van der Waals surface area contributed by atoms with Gasteiger partial charge in [-0.3, -0.25) is 4.79 Å². The van der Waals surface area contributed by atoms with Crippen molar-refractivity contribution in [3.63, 3.8) is 0 Å². The fourth-order valence-electron chi connectivity index (χ4n) is 4.37. The second-order valence-electron chi connectivity index (χ2n) is 7.80. The monoisotopic (exact) mass is 505 g/mol. The highest BCUT2D eigenvalue weighted by atomic mass is 35.5. The summed E-state index contributed by atoms with van der Waals surface area (Å²) in [7, 11) is 1.80. The molecule has 0 radical (unpaired) electrons. The molecule has 3 aromatic rings. The normalized spacial score (nSPS) is 19.1. The van der Waals surface area contributed by atoms with Crippen molar-refractivity contribution in [1.82, 2.24) is 4.90 Å². The van der Waals surface area contributed by atoms with E-state index in [0.29, 0.717) is 13.0 Å². The quantitative estimate of drug-likeness (QED) is 0.475. The largest absolute Gasteiger partial charge is 0.507 e. The van der Waals surface area contributed by atoms with Crippen LogP contribution in [0, 0.1) is 0 Å². The molecule has 2 atom stereocenters. The van der Waals surface area contributed by atoms with Gasteiger partial charge in [-0.2, -0.15) is 13.2 Å². The molecule has 1 fully saturated rings. The molecule has 0 bridgehead atoms. The van der Waals surface area contributed by atoms with Crippen molar-refractivity contribution in [2.45, 2.75) is 24.6 Å². The first-order valence-electron chi connectivity index (χ1n) is 9.74. The lowest BCUT2D eigenvalue weighted by Gasteiger charge is -2.24. The number of likely N-dealkylation sites (tertiary alicyclic amines) is 1. The first kappa shape index (κ1) is 25.2. The van der Waals surface area contributed by atoms with Crippen LogP contribution in [-0.4, -0.2) is 46.5 Å². The number of fused-ring (bicyclic) bond motifs is 1. The molecule has 0 spiro atoms. The molecule has 4 rings (SSSR count). The Hall–Kier alpha value is -2.46. The zero-order chi connectivity index (χ0) is 23.4. The van der Waals surface area contributed by atoms with Crippen LogP contribution in [0.3, 0.4) is 0 Å². The zero-order valence-electron chi connectivity index (χ0n) is 17.2. The van der Waals surface area contributed by atoms with Crippen LogP contribution < -0.4 is 5.43 Å². The van der Waals surface area contributed by atoms with Crippen LogP contribution in [0.15, 0.2) is 39.5 Å². The summed E-state index contributed by atoms with van der Waals surface area (Å²) in [5.41, 5.74) is -1.91. The third kappa shape index (κ3) is 4.26. The minimum absolute atomic E-state index is 0. The molecule has 0 unspecified atom stereocenters. The van der Waals surface area contributed by atoms with Crippen LogP contribution in [0.2, 0.25) is 5.02 Å². The lowest BCUT2D eigenvalue weighted by atomic mass is 9.89. The molecule has 1 aromatic heterocycles. The van der Waals surface area contributed by atoms with E-state index in [4.69, 9.17) is 16.0 Å². The van der Waals surface area contributed by atoms with Crippen molar-refractivity contribution in [2.24, 2.45) is 0 Å². The van der Waals surface area contributed by atoms with Gasteiger partial charge in [0.2, 0.25) is 0 Å². The molecule has 1 aliphatic rings. The van der Waals surface area contributed by atoms with Crippen molar-refractivity contribution in [2.75, 3.05) is 20.2 Å². The van der Waals surface area contributed by atoms with Gasteiger partial charge in [0.25, 0.3) is 0 Å². The summed E-state index contributed by atoms with van der Waals surface area (Å²) in [6, 6.07) is 4.83. The Morgan fingerprint density at radius 3 is 2.55 bits per heavy atom. The molecule has 0 amide bonds. The number of hydrogen-bond acceptors (Lipinski definition) is 6. The number of phenols is 2. The van der Waals surface area contributed by atoms with E-state index in [1.807, 2.05) is 4.90 Å². The molecule has 0 aliphatic carbocycles. The van der Waals surface area contributed by atoms with Crippen LogP contribution in [0.25, 0.3) is 22.3 Å². The molecule has 33 heavy (non-hydrogen) atoms. The van der Waals surface area contributed by atoms with Crippen molar-refractivity contribution in [3.05, 3.63) is 56.7 Å². The predicted octanol–water partition coefficient (Wildman–Crippen LogP) is 4.75. The molecule has 11 heteroatoms. The Kier molecular flexibility index (Phi) is 6.91. The van der Waals surface area contributed by atoms with Crippen molar-refractivity contribution < 1.29 is 32.9 Å². The topological polar surface area (TPSA) is 94.1 Å². The molecule has 0 saturated carbocycles. The molecule has 1 saturated heterocycles. The molecule has 1 aliphatic heterocycles. The highest BCUT2D eigenvalue weighted by molar-refractivity contribution is 6.34. The minimum atomic E-state index is -4.71. The standard InChI is InChI=1S/C22H19ClF3NO5.ClH/c1-27-6-5-10(13(27)9-28)18-14(29)7-15(30)19-16(31)8-17(32-21(18)19)11-3-2-4-12(20(11)23)22(24,25)26;/h2-4,7-8,10,13,28-30H,5-6,9H2,1H3;1H/t10-,13+;/m0./s1. The fraction of sp³-hybridized carbons (Fsp3) is 0.318. The SMILES string of the molecule is CN1CC[C@H](c2c(O)cc(O)c3c(=O)cc(-c4cccc(C(F)(F)F)c4Cl)oc23)[C@H]1CO.Cl. The van der Waals surface area contributed by atoms with E-state index in [2.05, 4.69) is 0 Å². The maximum Gasteiger partial charge on any atom is 0.417 e. The van der Waals surface area contributed by atoms with Crippen molar-refractivity contribution in [1.29, 1.82) is 0 Å². The first-order chi connectivity index (χ1) is 15.0. The van der Waals surface area contributed by atoms with Crippen LogP contribution in [0.4, 0.5) is 13.2 Å². The lowest BCUT2D eigenvalue weighted by Crippen LogP contribution is -2.32. The number of aliphatic hydroxyl groups excluding tert-OH is 1. The number of alkyl halides is 3. The number of aromatic hydroxyl groups is 2. The number of aliphatic hydroxyl groups is 1. The number of halogens is 5. The average Bonchev–Trinajstić information content (AvgIpc) is 3.06. The van der Waals surface area contributed by atoms with Gasteiger partial charge in [0, 0.05) is 35.2 Å². The third-order valence-electron chi connectivity index (χ3n) is 5.95. The number of hydrogen-bond donors (Lipinski definition) is 3. The van der Waals surface area contributed by atoms with Gasteiger partial charge in [0.05, 0.1) is 17.2 Å². The Morgan fingerprint density at radius 1 is 1.21 bits per heavy atom. The van der Waals surface area contributed by atoms with Gasteiger partial charge in [-0.05, 0) is 32.1 Å². The fourth-order valence-corrected chi connectivity index (χ4v) is 4.69. The van der Waals surface area contributed by atoms with Crippen LogP contribution in [0.1, 0.15) is 23.5 Å². The Labute approximate surface area is 197 Å². The van der Waals surface area contributed by atoms with E-state index in [1.54, 1.807) is 7.05 Å². The highest BCUT2D eigenvalue weighted by Gasteiger charge is 2.37. The van der Waals surface area contributed by atoms with E-state index >= 15 is 0 Å². The van der Waals surface area contributed by atoms with Gasteiger partial charge in [-0.25, -0.2) is 0 Å². The average molecular weight is 506 g/mol. The van der Waals surface area contributed by atoms with E-state index in [-0.39, 0.29) is 58.7 Å².